The predicted molar refractivity (Wildman–Crippen MR) is 145 cm³/mol. The number of hydrogen-bond donors (Lipinski definition) is 2. The number of amides is 1. The number of hydrogen-bond acceptors (Lipinski definition) is 4. The molecule has 2 rings (SSSR count). The Hall–Kier alpha value is -2.33. The molecule has 0 aliphatic carbocycles. The Balaban J connectivity index is 0.00000544. The lowest BCUT2D eigenvalue weighted by Crippen LogP contribution is -2.38. The zero-order chi connectivity index (χ0) is 23.3. The van der Waals surface area contributed by atoms with Crippen molar-refractivity contribution in [1.29, 1.82) is 0 Å². The monoisotopic (exact) mass is 568 g/mol. The third-order valence-corrected chi connectivity index (χ3v) is 4.93. The van der Waals surface area contributed by atoms with Crippen LogP contribution in [0.25, 0.3) is 0 Å². The summed E-state index contributed by atoms with van der Waals surface area (Å²) in [6, 6.07) is 14.0. The minimum Gasteiger partial charge on any atom is -0.493 e. The van der Waals surface area contributed by atoms with Crippen LogP contribution in [0.5, 0.6) is 5.75 Å². The van der Waals surface area contributed by atoms with Crippen LogP contribution < -0.4 is 15.4 Å². The number of nitrogens with zero attached hydrogens (tertiary/aromatic N) is 2. The first kappa shape index (κ1) is 28.7. The van der Waals surface area contributed by atoms with Gasteiger partial charge in [-0.1, -0.05) is 24.3 Å². The summed E-state index contributed by atoms with van der Waals surface area (Å²) in [4.78, 5) is 18.1. The third kappa shape index (κ3) is 10.00. The predicted octanol–water partition coefficient (Wildman–Crippen LogP) is 3.64. The number of aryl methyl sites for hydroxylation is 1. The Labute approximate surface area is 215 Å². The topological polar surface area (TPSA) is 75.2 Å². The Kier molecular flexibility index (Phi) is 13.5. The van der Waals surface area contributed by atoms with Crippen molar-refractivity contribution >= 4 is 35.8 Å². The van der Waals surface area contributed by atoms with Crippen LogP contribution >= 0.6 is 24.0 Å². The molecule has 0 radical (unpaired) electrons. The molecule has 0 aromatic heterocycles. The van der Waals surface area contributed by atoms with E-state index >= 15 is 0 Å². The number of ether oxygens (including phenoxy) is 2. The zero-order valence-electron chi connectivity index (χ0n) is 20.3. The lowest BCUT2D eigenvalue weighted by Gasteiger charge is -2.16. The number of carbonyl (C=O) groups excluding carboxylic acids is 1. The highest BCUT2D eigenvalue weighted by atomic mass is 127. The number of aliphatic imine (C=N–C) groups is 1. The van der Waals surface area contributed by atoms with Gasteiger partial charge in [0.1, 0.15) is 5.75 Å². The number of nitrogens with one attached hydrogen (secondary N) is 2. The van der Waals surface area contributed by atoms with Gasteiger partial charge in [-0.15, -0.1) is 24.0 Å². The molecule has 0 unspecified atom stereocenters. The van der Waals surface area contributed by atoms with Gasteiger partial charge in [0.15, 0.2) is 5.96 Å². The minimum atomic E-state index is 0. The molecule has 0 aliphatic heterocycles. The van der Waals surface area contributed by atoms with Gasteiger partial charge in [-0.25, -0.2) is 0 Å². The maximum Gasteiger partial charge on any atom is 0.253 e. The molecule has 2 N–H and O–H groups in total. The molecule has 0 heterocycles. The molecule has 2 aromatic carbocycles. The first-order valence-corrected chi connectivity index (χ1v) is 10.9. The van der Waals surface area contributed by atoms with Crippen molar-refractivity contribution in [2.45, 2.75) is 26.3 Å². The summed E-state index contributed by atoms with van der Waals surface area (Å²) in [5.41, 5.74) is 4.04. The van der Waals surface area contributed by atoms with Gasteiger partial charge in [0, 0.05) is 65.5 Å². The van der Waals surface area contributed by atoms with Gasteiger partial charge in [-0.2, -0.15) is 0 Å². The molecule has 8 heteroatoms. The second kappa shape index (κ2) is 15.5. The molecule has 7 nitrogen and oxygen atoms in total. The van der Waals surface area contributed by atoms with Gasteiger partial charge in [-0.05, 0) is 42.7 Å². The Morgan fingerprint density at radius 1 is 1.09 bits per heavy atom. The van der Waals surface area contributed by atoms with E-state index in [9.17, 15) is 4.79 Å². The molecular formula is C25H37IN4O3. The Morgan fingerprint density at radius 3 is 2.58 bits per heavy atom. The molecule has 0 aliphatic rings. The lowest BCUT2D eigenvalue weighted by atomic mass is 10.1. The molecule has 2 aromatic rings. The van der Waals surface area contributed by atoms with Gasteiger partial charge >= 0.3 is 0 Å². The van der Waals surface area contributed by atoms with Crippen molar-refractivity contribution in [1.82, 2.24) is 15.5 Å². The number of guanidine groups is 1. The standard InChI is InChI=1S/C25H36N4O3.HI/c1-19-10-11-22(23(16-19)32-15-7-14-31-5)18-28-25(26-2)27-13-12-20-8-6-9-21(17-20)24(30)29(3)4;/h6,8-11,16-17H,7,12-15,18H2,1-5H3,(H2,26,27,28);1H. The minimum absolute atomic E-state index is 0. The second-order valence-corrected chi connectivity index (χ2v) is 7.81. The molecule has 0 saturated carbocycles. The van der Waals surface area contributed by atoms with Gasteiger partial charge < -0.3 is 25.0 Å². The van der Waals surface area contributed by atoms with Crippen molar-refractivity contribution in [2.75, 3.05) is 48.0 Å². The van der Waals surface area contributed by atoms with Crippen molar-refractivity contribution < 1.29 is 14.3 Å². The van der Waals surface area contributed by atoms with E-state index in [0.717, 1.165) is 41.2 Å². The number of benzene rings is 2. The van der Waals surface area contributed by atoms with Crippen molar-refractivity contribution in [3.8, 4) is 5.75 Å². The SMILES string of the molecule is CN=C(NCCc1cccc(C(=O)N(C)C)c1)NCc1ccc(C)cc1OCCCOC.I. The summed E-state index contributed by atoms with van der Waals surface area (Å²) in [5.74, 6) is 1.61. The van der Waals surface area contributed by atoms with Crippen LogP contribution in [0.3, 0.4) is 0 Å². The Bertz CT molecular complexity index is 903. The second-order valence-electron chi connectivity index (χ2n) is 7.81. The van der Waals surface area contributed by atoms with E-state index in [1.165, 1.54) is 0 Å². The highest BCUT2D eigenvalue weighted by Crippen LogP contribution is 2.20. The molecule has 0 atom stereocenters. The van der Waals surface area contributed by atoms with Gasteiger partial charge in [0.05, 0.1) is 6.61 Å². The summed E-state index contributed by atoms with van der Waals surface area (Å²) >= 11 is 0. The fourth-order valence-electron chi connectivity index (χ4n) is 3.17. The summed E-state index contributed by atoms with van der Waals surface area (Å²) in [5, 5.41) is 6.69. The first-order valence-electron chi connectivity index (χ1n) is 10.9. The molecule has 0 bridgehead atoms. The molecule has 1 amide bonds. The van der Waals surface area contributed by atoms with E-state index in [4.69, 9.17) is 9.47 Å². The van der Waals surface area contributed by atoms with E-state index in [1.807, 2.05) is 24.3 Å². The van der Waals surface area contributed by atoms with Crippen LogP contribution in [0.15, 0.2) is 47.5 Å². The van der Waals surface area contributed by atoms with Gasteiger partial charge in [-0.3, -0.25) is 9.79 Å². The van der Waals surface area contributed by atoms with Crippen LogP contribution in [-0.2, 0) is 17.7 Å². The van der Waals surface area contributed by atoms with Gasteiger partial charge in [0.2, 0.25) is 0 Å². The normalized spacial score (nSPS) is 10.9. The molecule has 0 spiro atoms. The maximum atomic E-state index is 12.2. The average molecular weight is 569 g/mol. The molecule has 33 heavy (non-hydrogen) atoms. The van der Waals surface area contributed by atoms with Crippen LogP contribution in [-0.4, -0.2) is 64.8 Å². The largest absolute Gasteiger partial charge is 0.493 e. The smallest absolute Gasteiger partial charge is 0.253 e. The number of rotatable bonds is 11. The third-order valence-electron chi connectivity index (χ3n) is 4.93. The van der Waals surface area contributed by atoms with Crippen LogP contribution in [0.2, 0.25) is 0 Å². The van der Waals surface area contributed by atoms with Gasteiger partial charge in [0.25, 0.3) is 5.91 Å². The average Bonchev–Trinajstić information content (AvgIpc) is 2.79. The fraction of sp³-hybridized carbons (Fsp3) is 0.440. The van der Waals surface area contributed by atoms with Crippen LogP contribution in [0, 0.1) is 6.92 Å². The summed E-state index contributed by atoms with van der Waals surface area (Å²) in [7, 11) is 6.97. The molecule has 0 saturated heterocycles. The number of carbonyl (C=O) groups is 1. The highest BCUT2D eigenvalue weighted by molar-refractivity contribution is 14.0. The fourth-order valence-corrected chi connectivity index (χ4v) is 3.17. The van der Waals surface area contributed by atoms with Crippen molar-refractivity contribution in [3.63, 3.8) is 0 Å². The zero-order valence-corrected chi connectivity index (χ0v) is 22.6. The summed E-state index contributed by atoms with van der Waals surface area (Å²) < 4.78 is 11.1. The molecule has 0 fully saturated rings. The van der Waals surface area contributed by atoms with E-state index < -0.39 is 0 Å². The number of halogens is 1. The van der Waals surface area contributed by atoms with E-state index in [-0.39, 0.29) is 29.9 Å². The van der Waals surface area contributed by atoms with E-state index in [0.29, 0.717) is 31.9 Å². The van der Waals surface area contributed by atoms with E-state index in [1.54, 1.807) is 33.2 Å². The highest BCUT2D eigenvalue weighted by Gasteiger charge is 2.09. The lowest BCUT2D eigenvalue weighted by molar-refractivity contribution is 0.0827. The Morgan fingerprint density at radius 2 is 1.88 bits per heavy atom. The summed E-state index contributed by atoms with van der Waals surface area (Å²) in [6.45, 7) is 4.66. The van der Waals surface area contributed by atoms with Crippen LogP contribution in [0.1, 0.15) is 33.5 Å². The van der Waals surface area contributed by atoms with Crippen LogP contribution in [0.4, 0.5) is 0 Å². The quantitative estimate of drug-likeness (QED) is 0.188. The van der Waals surface area contributed by atoms with Crippen molar-refractivity contribution in [2.24, 2.45) is 4.99 Å². The summed E-state index contributed by atoms with van der Waals surface area (Å²) in [6.07, 6.45) is 1.63. The molecule has 182 valence electrons. The number of methoxy groups -OCH3 is 1. The molecular weight excluding hydrogens is 531 g/mol. The van der Waals surface area contributed by atoms with Crippen molar-refractivity contribution in [3.05, 3.63) is 64.7 Å². The van der Waals surface area contributed by atoms with E-state index in [2.05, 4.69) is 40.7 Å². The maximum absolute atomic E-state index is 12.2. The first-order chi connectivity index (χ1) is 15.4.